The summed E-state index contributed by atoms with van der Waals surface area (Å²) < 4.78 is 2.31. The Hall–Kier alpha value is -2.60. The number of carbonyl (C=O) groups is 2. The van der Waals surface area contributed by atoms with Gasteiger partial charge in [-0.15, -0.1) is 0 Å². The molecule has 3 heterocycles. The predicted octanol–water partition coefficient (Wildman–Crippen LogP) is 4.25. The highest BCUT2D eigenvalue weighted by molar-refractivity contribution is 6.01. The van der Waals surface area contributed by atoms with E-state index < -0.39 is 5.91 Å². The van der Waals surface area contributed by atoms with Crippen LogP contribution in [0.4, 0.5) is 5.69 Å². The number of fused-ring (bicyclic) bond motifs is 7. The third-order valence-electron chi connectivity index (χ3n) is 7.86. The average Bonchev–Trinajstić information content (AvgIpc) is 3.02. The second-order valence-corrected chi connectivity index (χ2v) is 10.9. The van der Waals surface area contributed by atoms with E-state index in [1.54, 1.807) is 0 Å². The van der Waals surface area contributed by atoms with Gasteiger partial charge in [0.15, 0.2) is 5.78 Å². The summed E-state index contributed by atoms with van der Waals surface area (Å²) in [4.78, 5) is 28.0. The van der Waals surface area contributed by atoms with Crippen LogP contribution in [0.1, 0.15) is 83.6 Å². The van der Waals surface area contributed by atoms with Crippen LogP contribution in [0.5, 0.6) is 0 Å². The number of rotatable bonds is 1. The fourth-order valence-electron chi connectivity index (χ4n) is 6.29. The molecule has 3 N–H and O–H groups in total. The first-order valence-electron chi connectivity index (χ1n) is 12.4. The Balaban J connectivity index is 1.68. The van der Waals surface area contributed by atoms with E-state index in [9.17, 15) is 9.59 Å². The first kappa shape index (κ1) is 22.2. The van der Waals surface area contributed by atoms with Crippen LogP contribution >= 0.6 is 0 Å². The normalized spacial score (nSPS) is 22.8. The van der Waals surface area contributed by atoms with E-state index in [1.165, 1.54) is 25.0 Å². The van der Waals surface area contributed by atoms with E-state index in [2.05, 4.69) is 41.6 Å². The highest BCUT2D eigenvalue weighted by atomic mass is 16.1. The van der Waals surface area contributed by atoms with Crippen molar-refractivity contribution in [1.29, 1.82) is 0 Å². The molecule has 33 heavy (non-hydrogen) atoms. The van der Waals surface area contributed by atoms with Gasteiger partial charge in [0.2, 0.25) is 0 Å². The lowest BCUT2D eigenvalue weighted by molar-refractivity contribution is 0.0909. The van der Waals surface area contributed by atoms with Crippen molar-refractivity contribution in [2.24, 2.45) is 11.1 Å². The van der Waals surface area contributed by atoms with E-state index >= 15 is 0 Å². The molecule has 2 bridgehead atoms. The summed E-state index contributed by atoms with van der Waals surface area (Å²) in [5.41, 5.74) is 12.4. The number of hydrogen-bond acceptors (Lipinski definition) is 4. The largest absolute Gasteiger partial charge is 0.383 e. The van der Waals surface area contributed by atoms with Crippen LogP contribution in [0.2, 0.25) is 0 Å². The SMILES string of the molecule is Cc1c2c(n3c1CCCN1CCCC[C@@H]1CNc1cc-3ccc1C(N)=O)CC(C)(C)CC2=O. The second-order valence-electron chi connectivity index (χ2n) is 10.9. The first-order chi connectivity index (χ1) is 15.7. The number of piperidine rings is 1. The van der Waals surface area contributed by atoms with E-state index in [0.29, 0.717) is 18.0 Å². The van der Waals surface area contributed by atoms with E-state index in [-0.39, 0.29) is 11.2 Å². The molecule has 3 aliphatic rings. The van der Waals surface area contributed by atoms with Gasteiger partial charge in [-0.25, -0.2) is 0 Å². The molecule has 0 unspecified atom stereocenters. The number of nitrogens with one attached hydrogen (secondary N) is 1. The number of amides is 1. The zero-order valence-electron chi connectivity index (χ0n) is 20.2. The van der Waals surface area contributed by atoms with Crippen LogP contribution in [0, 0.1) is 12.3 Å². The Morgan fingerprint density at radius 2 is 1.91 bits per heavy atom. The Morgan fingerprint density at radius 3 is 2.70 bits per heavy atom. The van der Waals surface area contributed by atoms with Crippen molar-refractivity contribution in [3.05, 3.63) is 46.3 Å². The molecule has 1 saturated heterocycles. The molecule has 1 amide bonds. The zero-order valence-corrected chi connectivity index (χ0v) is 20.2. The number of nitrogens with zero attached hydrogens (tertiary/aromatic N) is 2. The van der Waals surface area contributed by atoms with Gasteiger partial charge < -0.3 is 15.6 Å². The fraction of sp³-hybridized carbons (Fsp3) is 0.556. The Bertz CT molecular complexity index is 1110. The lowest BCUT2D eigenvalue weighted by Gasteiger charge is -2.36. The van der Waals surface area contributed by atoms with Crippen molar-refractivity contribution in [2.75, 3.05) is 25.0 Å². The van der Waals surface area contributed by atoms with Gasteiger partial charge in [0.1, 0.15) is 0 Å². The molecule has 2 aliphatic heterocycles. The van der Waals surface area contributed by atoms with Crippen molar-refractivity contribution in [2.45, 2.75) is 71.8 Å². The van der Waals surface area contributed by atoms with Crippen LogP contribution in [-0.4, -0.2) is 46.8 Å². The number of carbonyl (C=O) groups excluding carboxylic acids is 2. The number of Topliss-reactive ketones (excluding diaryl/α,β-unsaturated/α-hetero) is 1. The second kappa shape index (κ2) is 8.32. The molecule has 6 heteroatoms. The predicted molar refractivity (Wildman–Crippen MR) is 131 cm³/mol. The summed E-state index contributed by atoms with van der Waals surface area (Å²) in [6.45, 7) is 9.46. The minimum Gasteiger partial charge on any atom is -0.383 e. The van der Waals surface area contributed by atoms with Crippen molar-refractivity contribution < 1.29 is 9.59 Å². The van der Waals surface area contributed by atoms with Gasteiger partial charge in [-0.05, 0) is 81.3 Å². The number of aromatic nitrogens is 1. The van der Waals surface area contributed by atoms with Gasteiger partial charge in [-0.2, -0.15) is 0 Å². The van der Waals surface area contributed by atoms with Crippen LogP contribution in [0.3, 0.4) is 0 Å². The van der Waals surface area contributed by atoms with Gasteiger partial charge >= 0.3 is 0 Å². The minimum atomic E-state index is -0.418. The van der Waals surface area contributed by atoms with Gasteiger partial charge in [0, 0.05) is 47.3 Å². The highest BCUT2D eigenvalue weighted by Gasteiger charge is 2.37. The molecule has 1 aliphatic carbocycles. The third-order valence-corrected chi connectivity index (χ3v) is 7.86. The number of nitrogens with two attached hydrogens (primary N) is 1. The first-order valence-corrected chi connectivity index (χ1v) is 12.4. The summed E-state index contributed by atoms with van der Waals surface area (Å²) in [6.07, 6.45) is 7.13. The molecule has 176 valence electrons. The fourth-order valence-corrected chi connectivity index (χ4v) is 6.29. The van der Waals surface area contributed by atoms with Gasteiger partial charge in [0.25, 0.3) is 5.91 Å². The number of anilines is 1. The summed E-state index contributed by atoms with van der Waals surface area (Å²) >= 11 is 0. The number of primary amides is 1. The molecule has 1 aromatic carbocycles. The monoisotopic (exact) mass is 448 g/mol. The number of ketones is 1. The topological polar surface area (TPSA) is 80.4 Å². The van der Waals surface area contributed by atoms with Crippen molar-refractivity contribution in [1.82, 2.24) is 9.47 Å². The third kappa shape index (κ3) is 3.99. The standard InChI is InChI=1S/C27H36N4O2/c1-17-22-8-6-12-30-11-5-4-7-19(30)16-29-21-13-18(9-10-20(21)26(28)33)31(22)23-14-27(2,3)15-24(32)25(17)23/h9-10,13,19,29H,4-8,11-12,14-16H2,1-3H3,(H2,28,33)/t19-/m1/s1. The van der Waals surface area contributed by atoms with Gasteiger partial charge in [-0.1, -0.05) is 20.3 Å². The molecule has 1 atom stereocenters. The average molecular weight is 449 g/mol. The number of hydrogen-bond donors (Lipinski definition) is 2. The van der Waals surface area contributed by atoms with E-state index in [1.807, 2.05) is 12.1 Å². The zero-order chi connectivity index (χ0) is 23.3. The van der Waals surface area contributed by atoms with Crippen molar-refractivity contribution in [3.63, 3.8) is 0 Å². The Morgan fingerprint density at radius 1 is 1.12 bits per heavy atom. The van der Waals surface area contributed by atoms with E-state index in [4.69, 9.17) is 5.73 Å². The maximum absolute atomic E-state index is 13.2. The summed E-state index contributed by atoms with van der Waals surface area (Å²) in [5, 5.41) is 3.57. The molecule has 0 spiro atoms. The van der Waals surface area contributed by atoms with Crippen LogP contribution in [0.25, 0.3) is 5.69 Å². The van der Waals surface area contributed by atoms with Crippen LogP contribution < -0.4 is 11.1 Å². The smallest absolute Gasteiger partial charge is 0.250 e. The molecule has 1 fully saturated rings. The molecule has 1 aromatic heterocycles. The van der Waals surface area contributed by atoms with Gasteiger partial charge in [-0.3, -0.25) is 14.5 Å². The maximum Gasteiger partial charge on any atom is 0.250 e. The molecular weight excluding hydrogens is 412 g/mol. The highest BCUT2D eigenvalue weighted by Crippen LogP contribution is 2.41. The van der Waals surface area contributed by atoms with Crippen molar-refractivity contribution >= 4 is 17.4 Å². The molecule has 2 aromatic rings. The Kier molecular flexibility index (Phi) is 5.60. The molecular formula is C27H36N4O2. The molecule has 5 rings (SSSR count). The summed E-state index contributed by atoms with van der Waals surface area (Å²) in [5.74, 6) is -0.162. The lowest BCUT2D eigenvalue weighted by Crippen LogP contribution is -2.44. The van der Waals surface area contributed by atoms with E-state index in [0.717, 1.165) is 67.1 Å². The van der Waals surface area contributed by atoms with Crippen LogP contribution in [0.15, 0.2) is 18.2 Å². The Labute approximate surface area is 196 Å². The van der Waals surface area contributed by atoms with Crippen molar-refractivity contribution in [3.8, 4) is 5.69 Å². The number of benzene rings is 1. The van der Waals surface area contributed by atoms with Gasteiger partial charge in [0.05, 0.1) is 5.56 Å². The van der Waals surface area contributed by atoms with Crippen LogP contribution in [-0.2, 0) is 12.8 Å². The summed E-state index contributed by atoms with van der Waals surface area (Å²) in [6, 6.07) is 6.35. The molecule has 0 radical (unpaired) electrons. The maximum atomic E-state index is 13.2. The molecule has 0 saturated carbocycles. The quantitative estimate of drug-likeness (QED) is 0.683. The summed E-state index contributed by atoms with van der Waals surface area (Å²) in [7, 11) is 0. The minimum absolute atomic E-state index is 0.0649. The lowest BCUT2D eigenvalue weighted by atomic mass is 9.75. The molecule has 6 nitrogen and oxygen atoms in total.